The van der Waals surface area contributed by atoms with Crippen molar-refractivity contribution in [3.05, 3.63) is 58.6 Å². The van der Waals surface area contributed by atoms with Crippen LogP contribution in [0.4, 0.5) is 0 Å². The summed E-state index contributed by atoms with van der Waals surface area (Å²) in [6.45, 7) is 4.63. The van der Waals surface area contributed by atoms with Crippen molar-refractivity contribution >= 4 is 17.4 Å². The average Bonchev–Trinajstić information content (AvgIpc) is 2.65. The molecule has 0 aliphatic carbocycles. The summed E-state index contributed by atoms with van der Waals surface area (Å²) in [5.41, 5.74) is 1.54. The van der Waals surface area contributed by atoms with Gasteiger partial charge in [0.1, 0.15) is 0 Å². The van der Waals surface area contributed by atoms with Gasteiger partial charge in [-0.15, -0.1) is 0 Å². The number of phenolic OH excluding ortho intramolecular Hbond substituents is 1. The maximum Gasteiger partial charge on any atom is 0.167 e. The fourth-order valence-corrected chi connectivity index (χ4v) is 3.60. The summed E-state index contributed by atoms with van der Waals surface area (Å²) in [4.78, 5) is 15.0. The molecular weight excluding hydrogens is 350 g/mol. The highest BCUT2D eigenvalue weighted by Gasteiger charge is 2.27. The number of halogens is 1. The Hall–Kier alpha value is -2.04. The first-order valence-corrected chi connectivity index (χ1v) is 9.42. The van der Waals surface area contributed by atoms with Crippen molar-refractivity contribution in [3.63, 3.8) is 0 Å². The molecule has 1 N–H and O–H groups in total. The number of hydrogen-bond donors (Lipinski definition) is 1. The molecule has 26 heavy (non-hydrogen) atoms. The van der Waals surface area contributed by atoms with Crippen molar-refractivity contribution in [2.45, 2.75) is 26.3 Å². The molecule has 1 saturated heterocycles. The van der Waals surface area contributed by atoms with Crippen LogP contribution in [0, 0.1) is 5.92 Å². The number of rotatable bonds is 6. The van der Waals surface area contributed by atoms with Gasteiger partial charge in [0.2, 0.25) is 0 Å². The number of benzene rings is 2. The second kappa shape index (κ2) is 8.56. The Morgan fingerprint density at radius 2 is 2.04 bits per heavy atom. The Kier molecular flexibility index (Phi) is 6.17. The number of phenols is 1. The maximum atomic E-state index is 12.8. The molecule has 0 aromatic heterocycles. The van der Waals surface area contributed by atoms with Crippen molar-refractivity contribution in [2.75, 3.05) is 19.7 Å². The van der Waals surface area contributed by atoms with Crippen molar-refractivity contribution in [1.29, 1.82) is 0 Å². The van der Waals surface area contributed by atoms with E-state index >= 15 is 0 Å². The largest absolute Gasteiger partial charge is 0.504 e. The van der Waals surface area contributed by atoms with E-state index < -0.39 is 0 Å². The van der Waals surface area contributed by atoms with Gasteiger partial charge >= 0.3 is 0 Å². The standard InChI is InChI=1S/C21H24ClNO3/c1-2-26-19-7-3-5-17(21(19)25)14-23-12-4-6-16(13-23)20(24)15-8-10-18(22)11-9-15/h3,5,7-11,16,25H,2,4,6,12-14H2,1H3/t16-/m0/s1. The Balaban J connectivity index is 1.68. The SMILES string of the molecule is CCOc1cccc(CN2CCC[C@H](C(=O)c3ccc(Cl)cc3)C2)c1O. The van der Waals surface area contributed by atoms with Gasteiger partial charge in [0.25, 0.3) is 0 Å². The fourth-order valence-electron chi connectivity index (χ4n) is 3.47. The molecule has 1 heterocycles. The molecule has 1 fully saturated rings. The Morgan fingerprint density at radius 1 is 1.27 bits per heavy atom. The topological polar surface area (TPSA) is 49.8 Å². The lowest BCUT2D eigenvalue weighted by Gasteiger charge is -2.32. The summed E-state index contributed by atoms with van der Waals surface area (Å²) in [6, 6.07) is 12.7. The van der Waals surface area contributed by atoms with Gasteiger partial charge in [-0.2, -0.15) is 0 Å². The molecule has 0 unspecified atom stereocenters. The van der Waals surface area contributed by atoms with Gasteiger partial charge in [0.15, 0.2) is 17.3 Å². The van der Waals surface area contributed by atoms with E-state index in [1.165, 1.54) is 0 Å². The highest BCUT2D eigenvalue weighted by molar-refractivity contribution is 6.30. The molecule has 1 atom stereocenters. The summed E-state index contributed by atoms with van der Waals surface area (Å²) in [5, 5.41) is 11.0. The molecule has 0 saturated carbocycles. The summed E-state index contributed by atoms with van der Waals surface area (Å²) in [5.74, 6) is 0.845. The smallest absolute Gasteiger partial charge is 0.167 e. The van der Waals surface area contributed by atoms with Crippen LogP contribution in [-0.2, 0) is 6.54 Å². The van der Waals surface area contributed by atoms with Crippen LogP contribution in [0.25, 0.3) is 0 Å². The quantitative estimate of drug-likeness (QED) is 0.755. The number of aromatic hydroxyl groups is 1. The molecule has 3 rings (SSSR count). The normalized spacial score (nSPS) is 17.8. The first-order valence-electron chi connectivity index (χ1n) is 9.04. The van der Waals surface area contributed by atoms with Crippen molar-refractivity contribution in [1.82, 2.24) is 4.90 Å². The molecular formula is C21H24ClNO3. The van der Waals surface area contributed by atoms with E-state index in [0.717, 1.165) is 24.9 Å². The molecule has 0 amide bonds. The van der Waals surface area contributed by atoms with Crippen LogP contribution < -0.4 is 4.74 Å². The predicted octanol–water partition coefficient (Wildman–Crippen LogP) is 4.54. The van der Waals surface area contributed by atoms with E-state index in [1.807, 2.05) is 19.1 Å². The molecule has 0 bridgehead atoms. The number of likely N-dealkylation sites (tertiary alicyclic amines) is 1. The maximum absolute atomic E-state index is 12.8. The van der Waals surface area contributed by atoms with Gasteiger partial charge in [0.05, 0.1) is 6.61 Å². The number of carbonyl (C=O) groups is 1. The second-order valence-corrected chi connectivity index (χ2v) is 7.08. The van der Waals surface area contributed by atoms with Crippen LogP contribution in [0.3, 0.4) is 0 Å². The van der Waals surface area contributed by atoms with Crippen LogP contribution in [-0.4, -0.2) is 35.5 Å². The molecule has 0 spiro atoms. The molecule has 0 radical (unpaired) electrons. The Labute approximate surface area is 159 Å². The number of ether oxygens (including phenoxy) is 1. The Bertz CT molecular complexity index is 760. The Morgan fingerprint density at radius 3 is 2.77 bits per heavy atom. The lowest BCUT2D eigenvalue weighted by molar-refractivity contribution is 0.0810. The first kappa shape index (κ1) is 18.7. The number of nitrogens with zero attached hydrogens (tertiary/aromatic N) is 1. The van der Waals surface area contributed by atoms with E-state index in [2.05, 4.69) is 4.90 Å². The summed E-state index contributed by atoms with van der Waals surface area (Å²) >= 11 is 5.91. The summed E-state index contributed by atoms with van der Waals surface area (Å²) < 4.78 is 5.46. The monoisotopic (exact) mass is 373 g/mol. The zero-order valence-electron chi connectivity index (χ0n) is 15.0. The van der Waals surface area contributed by atoms with E-state index in [1.54, 1.807) is 30.3 Å². The van der Waals surface area contributed by atoms with Crippen LogP contribution in [0.1, 0.15) is 35.7 Å². The number of para-hydroxylation sites is 1. The van der Waals surface area contributed by atoms with E-state index in [9.17, 15) is 9.90 Å². The van der Waals surface area contributed by atoms with Crippen LogP contribution >= 0.6 is 11.6 Å². The number of piperidine rings is 1. The van der Waals surface area contributed by atoms with Crippen LogP contribution in [0.5, 0.6) is 11.5 Å². The average molecular weight is 374 g/mol. The number of ketones is 1. The van der Waals surface area contributed by atoms with Crippen molar-refractivity contribution in [2.24, 2.45) is 5.92 Å². The third kappa shape index (κ3) is 4.37. The number of carbonyl (C=O) groups excluding carboxylic acids is 1. The van der Waals surface area contributed by atoms with E-state index in [4.69, 9.17) is 16.3 Å². The predicted molar refractivity (Wildman–Crippen MR) is 103 cm³/mol. The van der Waals surface area contributed by atoms with Gasteiger partial charge in [-0.3, -0.25) is 9.69 Å². The fraction of sp³-hybridized carbons (Fsp3) is 0.381. The van der Waals surface area contributed by atoms with Crippen molar-refractivity contribution in [3.8, 4) is 11.5 Å². The first-order chi connectivity index (χ1) is 12.6. The zero-order valence-corrected chi connectivity index (χ0v) is 15.7. The molecule has 2 aromatic carbocycles. The minimum Gasteiger partial charge on any atom is -0.504 e. The lowest BCUT2D eigenvalue weighted by atomic mass is 9.90. The van der Waals surface area contributed by atoms with Gasteiger partial charge in [-0.1, -0.05) is 23.7 Å². The highest BCUT2D eigenvalue weighted by atomic mass is 35.5. The molecule has 138 valence electrons. The van der Waals surface area contributed by atoms with Crippen molar-refractivity contribution < 1.29 is 14.6 Å². The lowest BCUT2D eigenvalue weighted by Crippen LogP contribution is -2.38. The number of hydrogen-bond acceptors (Lipinski definition) is 4. The van der Waals surface area contributed by atoms with Gasteiger partial charge < -0.3 is 9.84 Å². The zero-order chi connectivity index (χ0) is 18.5. The minimum atomic E-state index is -0.0258. The van der Waals surface area contributed by atoms with Crippen LogP contribution in [0.15, 0.2) is 42.5 Å². The van der Waals surface area contributed by atoms with E-state index in [0.29, 0.717) is 36.0 Å². The molecule has 1 aliphatic heterocycles. The molecule has 2 aromatic rings. The summed E-state index contributed by atoms with van der Waals surface area (Å²) in [6.07, 6.45) is 1.86. The minimum absolute atomic E-state index is 0.0258. The highest BCUT2D eigenvalue weighted by Crippen LogP contribution is 2.32. The van der Waals surface area contributed by atoms with Gasteiger partial charge in [-0.05, 0) is 56.6 Å². The summed E-state index contributed by atoms with van der Waals surface area (Å²) in [7, 11) is 0. The van der Waals surface area contributed by atoms with Gasteiger partial charge in [-0.25, -0.2) is 0 Å². The van der Waals surface area contributed by atoms with Crippen LogP contribution in [0.2, 0.25) is 5.02 Å². The van der Waals surface area contributed by atoms with E-state index in [-0.39, 0.29) is 17.5 Å². The molecule has 4 nitrogen and oxygen atoms in total. The van der Waals surface area contributed by atoms with Gasteiger partial charge in [0, 0.05) is 35.2 Å². The third-order valence-electron chi connectivity index (χ3n) is 4.78. The molecule has 1 aliphatic rings. The number of Topliss-reactive ketones (excluding diaryl/α,β-unsaturated/α-hetero) is 1. The third-order valence-corrected chi connectivity index (χ3v) is 5.03. The molecule has 5 heteroatoms. The second-order valence-electron chi connectivity index (χ2n) is 6.64.